The molecule has 1 aromatic carbocycles. The van der Waals surface area contributed by atoms with E-state index in [0.717, 1.165) is 6.42 Å². The molecule has 3 N–H and O–H groups in total. The number of carbonyl (C=O) groups excluding carboxylic acids is 1. The Labute approximate surface area is 115 Å². The molecule has 0 saturated heterocycles. The van der Waals surface area contributed by atoms with Crippen LogP contribution in [0.4, 0.5) is 14.5 Å². The molecule has 1 amide bonds. The molecule has 110 valence electrons. The average molecular weight is 286 g/mol. The largest absolute Gasteiger partial charge is 0.586 e. The van der Waals surface area contributed by atoms with Gasteiger partial charge in [0.25, 0.3) is 0 Å². The molecule has 1 heterocycles. The van der Waals surface area contributed by atoms with Gasteiger partial charge in [0.05, 0.1) is 0 Å². The third-order valence-electron chi connectivity index (χ3n) is 2.96. The minimum atomic E-state index is -3.65. The Kier molecular flexibility index (Phi) is 4.08. The summed E-state index contributed by atoms with van der Waals surface area (Å²) < 4.78 is 34.3. The van der Waals surface area contributed by atoms with Crippen LogP contribution < -0.4 is 20.5 Å². The second-order valence-electron chi connectivity index (χ2n) is 4.65. The molecule has 0 radical (unpaired) electrons. The van der Waals surface area contributed by atoms with Crippen molar-refractivity contribution in [2.45, 2.75) is 26.1 Å². The molecule has 0 saturated carbocycles. The van der Waals surface area contributed by atoms with Crippen molar-refractivity contribution in [1.29, 1.82) is 0 Å². The van der Waals surface area contributed by atoms with Crippen LogP contribution in [0.5, 0.6) is 11.5 Å². The first-order valence-corrected chi connectivity index (χ1v) is 6.32. The molecular weight excluding hydrogens is 270 g/mol. The van der Waals surface area contributed by atoms with Gasteiger partial charge in [0.15, 0.2) is 11.5 Å². The summed E-state index contributed by atoms with van der Waals surface area (Å²) in [5.74, 6) is -0.541. The van der Waals surface area contributed by atoms with Gasteiger partial charge in [-0.1, -0.05) is 6.92 Å². The highest BCUT2D eigenvalue weighted by Gasteiger charge is 2.43. The molecule has 1 unspecified atom stereocenters. The summed E-state index contributed by atoms with van der Waals surface area (Å²) in [7, 11) is 0. The number of nitrogens with two attached hydrogens (primary N) is 1. The van der Waals surface area contributed by atoms with Crippen molar-refractivity contribution in [3.05, 3.63) is 18.2 Å². The first-order valence-electron chi connectivity index (χ1n) is 6.32. The van der Waals surface area contributed by atoms with E-state index in [4.69, 9.17) is 5.73 Å². The Morgan fingerprint density at radius 1 is 1.40 bits per heavy atom. The lowest BCUT2D eigenvalue weighted by atomic mass is 10.0. The minimum absolute atomic E-state index is 0.0517. The SMILES string of the molecule is CC(CCCN)C(=O)Nc1ccc2c(c1)OC(F)(F)O2. The normalized spacial score (nSPS) is 16.8. The Morgan fingerprint density at radius 3 is 2.80 bits per heavy atom. The average Bonchev–Trinajstić information content (AvgIpc) is 2.68. The number of benzene rings is 1. The summed E-state index contributed by atoms with van der Waals surface area (Å²) in [5, 5.41) is 2.65. The van der Waals surface area contributed by atoms with Crippen LogP contribution in [0.3, 0.4) is 0 Å². The van der Waals surface area contributed by atoms with Crippen molar-refractivity contribution in [3.8, 4) is 11.5 Å². The number of amides is 1. The van der Waals surface area contributed by atoms with Crippen LogP contribution in [0.2, 0.25) is 0 Å². The fraction of sp³-hybridized carbons (Fsp3) is 0.462. The second kappa shape index (κ2) is 5.62. The molecule has 1 atom stereocenters. The van der Waals surface area contributed by atoms with Crippen molar-refractivity contribution < 1.29 is 23.0 Å². The number of alkyl halides is 2. The van der Waals surface area contributed by atoms with Gasteiger partial charge in [-0.25, -0.2) is 0 Å². The molecule has 1 aliphatic rings. The molecular formula is C13H16F2N2O3. The molecule has 1 aromatic rings. The van der Waals surface area contributed by atoms with Gasteiger partial charge in [-0.05, 0) is 31.5 Å². The van der Waals surface area contributed by atoms with Crippen LogP contribution in [0.15, 0.2) is 18.2 Å². The van der Waals surface area contributed by atoms with Gasteiger partial charge in [-0.3, -0.25) is 4.79 Å². The predicted octanol–water partition coefficient (Wildman–Crippen LogP) is 2.32. The van der Waals surface area contributed by atoms with Gasteiger partial charge < -0.3 is 20.5 Å². The molecule has 0 fully saturated rings. The lowest BCUT2D eigenvalue weighted by Gasteiger charge is -2.11. The molecule has 1 aliphatic heterocycles. The molecule has 0 aromatic heterocycles. The monoisotopic (exact) mass is 286 g/mol. The highest BCUT2D eigenvalue weighted by Crippen LogP contribution is 2.42. The fourth-order valence-electron chi connectivity index (χ4n) is 1.85. The first kappa shape index (κ1) is 14.5. The Hall–Kier alpha value is -1.89. The van der Waals surface area contributed by atoms with E-state index in [9.17, 15) is 13.6 Å². The third kappa shape index (κ3) is 3.36. The van der Waals surface area contributed by atoms with E-state index in [1.165, 1.54) is 18.2 Å². The molecule has 5 nitrogen and oxygen atoms in total. The van der Waals surface area contributed by atoms with Gasteiger partial charge in [0.2, 0.25) is 5.91 Å². The van der Waals surface area contributed by atoms with Crippen LogP contribution in [0.1, 0.15) is 19.8 Å². The van der Waals surface area contributed by atoms with E-state index in [1.54, 1.807) is 6.92 Å². The van der Waals surface area contributed by atoms with E-state index in [-0.39, 0.29) is 23.3 Å². The number of rotatable bonds is 5. The number of ether oxygens (including phenoxy) is 2. The fourth-order valence-corrected chi connectivity index (χ4v) is 1.85. The third-order valence-corrected chi connectivity index (χ3v) is 2.96. The van der Waals surface area contributed by atoms with Crippen LogP contribution in [-0.2, 0) is 4.79 Å². The maximum Gasteiger partial charge on any atom is 0.586 e. The zero-order chi connectivity index (χ0) is 14.8. The standard InChI is InChI=1S/C13H16F2N2O3/c1-8(3-2-6-16)12(18)17-9-4-5-10-11(7-9)20-13(14,15)19-10/h4-5,7-8H,2-3,6,16H2,1H3,(H,17,18). The Bertz CT molecular complexity index is 508. The lowest BCUT2D eigenvalue weighted by Crippen LogP contribution is -2.25. The predicted molar refractivity (Wildman–Crippen MR) is 68.7 cm³/mol. The zero-order valence-electron chi connectivity index (χ0n) is 11.0. The van der Waals surface area contributed by atoms with Crippen LogP contribution in [-0.4, -0.2) is 18.7 Å². The maximum atomic E-state index is 12.9. The summed E-state index contributed by atoms with van der Waals surface area (Å²) in [4.78, 5) is 11.9. The number of fused-ring (bicyclic) bond motifs is 1. The second-order valence-corrected chi connectivity index (χ2v) is 4.65. The van der Waals surface area contributed by atoms with Crippen LogP contribution >= 0.6 is 0 Å². The highest BCUT2D eigenvalue weighted by atomic mass is 19.3. The molecule has 0 bridgehead atoms. The number of carbonyl (C=O) groups is 1. The number of anilines is 1. The quantitative estimate of drug-likeness (QED) is 0.871. The highest BCUT2D eigenvalue weighted by molar-refractivity contribution is 5.92. The zero-order valence-corrected chi connectivity index (χ0v) is 11.0. The summed E-state index contributed by atoms with van der Waals surface area (Å²) in [6, 6.07) is 4.12. The number of hydrogen-bond donors (Lipinski definition) is 2. The van der Waals surface area contributed by atoms with Crippen LogP contribution in [0, 0.1) is 5.92 Å². The maximum absolute atomic E-state index is 12.9. The number of nitrogens with one attached hydrogen (secondary N) is 1. The van der Waals surface area contributed by atoms with Crippen molar-refractivity contribution in [1.82, 2.24) is 0 Å². The van der Waals surface area contributed by atoms with E-state index >= 15 is 0 Å². The first-order chi connectivity index (χ1) is 9.41. The van der Waals surface area contributed by atoms with Gasteiger partial charge >= 0.3 is 6.29 Å². The molecule has 7 heteroatoms. The smallest absolute Gasteiger partial charge is 0.395 e. The van der Waals surface area contributed by atoms with Crippen molar-refractivity contribution in [3.63, 3.8) is 0 Å². The molecule has 2 rings (SSSR count). The summed E-state index contributed by atoms with van der Waals surface area (Å²) in [6.45, 7) is 2.31. The molecule has 20 heavy (non-hydrogen) atoms. The van der Waals surface area contributed by atoms with E-state index in [0.29, 0.717) is 18.7 Å². The summed E-state index contributed by atoms with van der Waals surface area (Å²) in [6.07, 6.45) is -2.23. The topological polar surface area (TPSA) is 73.6 Å². The van der Waals surface area contributed by atoms with Gasteiger partial charge in [-0.15, -0.1) is 8.78 Å². The van der Waals surface area contributed by atoms with Crippen molar-refractivity contribution in [2.75, 3.05) is 11.9 Å². The minimum Gasteiger partial charge on any atom is -0.395 e. The number of hydrogen-bond acceptors (Lipinski definition) is 4. The van der Waals surface area contributed by atoms with E-state index < -0.39 is 6.29 Å². The molecule has 0 spiro atoms. The van der Waals surface area contributed by atoms with Gasteiger partial charge in [-0.2, -0.15) is 0 Å². The van der Waals surface area contributed by atoms with E-state index in [2.05, 4.69) is 14.8 Å². The van der Waals surface area contributed by atoms with Gasteiger partial charge in [0, 0.05) is 17.7 Å². The van der Waals surface area contributed by atoms with Crippen molar-refractivity contribution >= 4 is 11.6 Å². The van der Waals surface area contributed by atoms with Crippen LogP contribution in [0.25, 0.3) is 0 Å². The summed E-state index contributed by atoms with van der Waals surface area (Å²) in [5.41, 5.74) is 5.77. The van der Waals surface area contributed by atoms with Crippen molar-refractivity contribution in [2.24, 2.45) is 11.7 Å². The van der Waals surface area contributed by atoms with E-state index in [1.807, 2.05) is 0 Å². The van der Waals surface area contributed by atoms with Gasteiger partial charge in [0.1, 0.15) is 0 Å². The Balaban J connectivity index is 2.00. The Morgan fingerprint density at radius 2 is 2.10 bits per heavy atom. The lowest BCUT2D eigenvalue weighted by molar-refractivity contribution is -0.286. The summed E-state index contributed by atoms with van der Waals surface area (Å²) >= 11 is 0. The molecule has 0 aliphatic carbocycles. The number of halogens is 2.